The monoisotopic (exact) mass is 290 g/mol. The van der Waals surface area contributed by atoms with Crippen molar-refractivity contribution in [1.29, 1.82) is 0 Å². The molecule has 5 heteroatoms. The Hall–Kier alpha value is -1.88. The Kier molecular flexibility index (Phi) is 4.96. The van der Waals surface area contributed by atoms with Crippen LogP contribution in [0.5, 0.6) is 0 Å². The van der Waals surface area contributed by atoms with Crippen LogP contribution < -0.4 is 5.32 Å². The lowest BCUT2D eigenvalue weighted by molar-refractivity contribution is -0.129. The molecule has 0 radical (unpaired) electrons. The number of amides is 2. The van der Waals surface area contributed by atoms with Crippen molar-refractivity contribution >= 4 is 11.8 Å². The summed E-state index contributed by atoms with van der Waals surface area (Å²) in [6, 6.07) is 7.29. The molecule has 1 aromatic carbocycles. The summed E-state index contributed by atoms with van der Waals surface area (Å²) in [5, 5.41) is 12.2. The minimum Gasteiger partial charge on any atom is -0.393 e. The van der Waals surface area contributed by atoms with Gasteiger partial charge in [0.15, 0.2) is 0 Å². The lowest BCUT2D eigenvalue weighted by Crippen LogP contribution is -2.39. The van der Waals surface area contributed by atoms with Gasteiger partial charge in [0.2, 0.25) is 5.91 Å². The number of carbonyl (C=O) groups is 2. The van der Waals surface area contributed by atoms with Crippen LogP contribution in [0.25, 0.3) is 0 Å². The molecule has 0 spiro atoms. The molecule has 1 fully saturated rings. The molecule has 2 unspecified atom stereocenters. The van der Waals surface area contributed by atoms with E-state index in [2.05, 4.69) is 5.32 Å². The molecular weight excluding hydrogens is 268 g/mol. The SMILES string of the molecule is Cc1ccccc1C(=O)NCC(=O)N1CCC(C(C)O)C1. The highest BCUT2D eigenvalue weighted by Gasteiger charge is 2.28. The minimum atomic E-state index is -0.399. The van der Waals surface area contributed by atoms with Crippen LogP contribution in [-0.4, -0.2) is 47.6 Å². The predicted molar refractivity (Wildman–Crippen MR) is 79.9 cm³/mol. The van der Waals surface area contributed by atoms with Gasteiger partial charge in [-0.2, -0.15) is 0 Å². The van der Waals surface area contributed by atoms with E-state index in [-0.39, 0.29) is 24.3 Å². The fraction of sp³-hybridized carbons (Fsp3) is 0.500. The van der Waals surface area contributed by atoms with Gasteiger partial charge in [-0.15, -0.1) is 0 Å². The highest BCUT2D eigenvalue weighted by molar-refractivity contribution is 5.97. The van der Waals surface area contributed by atoms with E-state index in [9.17, 15) is 14.7 Å². The molecule has 114 valence electrons. The number of aliphatic hydroxyl groups excluding tert-OH is 1. The van der Waals surface area contributed by atoms with Crippen LogP contribution in [0.4, 0.5) is 0 Å². The van der Waals surface area contributed by atoms with Crippen LogP contribution in [0, 0.1) is 12.8 Å². The number of benzene rings is 1. The molecule has 1 aliphatic rings. The molecule has 21 heavy (non-hydrogen) atoms. The van der Waals surface area contributed by atoms with Gasteiger partial charge in [-0.05, 0) is 31.9 Å². The largest absolute Gasteiger partial charge is 0.393 e. The Morgan fingerprint density at radius 1 is 1.43 bits per heavy atom. The van der Waals surface area contributed by atoms with Crippen LogP contribution in [-0.2, 0) is 4.79 Å². The third-order valence-electron chi connectivity index (χ3n) is 4.05. The highest BCUT2D eigenvalue weighted by Crippen LogP contribution is 2.19. The van der Waals surface area contributed by atoms with Crippen LogP contribution >= 0.6 is 0 Å². The van der Waals surface area contributed by atoms with E-state index in [1.165, 1.54) is 0 Å². The van der Waals surface area contributed by atoms with Crippen LogP contribution in [0.2, 0.25) is 0 Å². The molecular formula is C16H22N2O3. The Labute approximate surface area is 125 Å². The van der Waals surface area contributed by atoms with Gasteiger partial charge in [-0.3, -0.25) is 9.59 Å². The summed E-state index contributed by atoms with van der Waals surface area (Å²) in [7, 11) is 0. The quantitative estimate of drug-likeness (QED) is 0.867. The van der Waals surface area contributed by atoms with E-state index in [4.69, 9.17) is 0 Å². The maximum Gasteiger partial charge on any atom is 0.251 e. The molecule has 1 heterocycles. The molecule has 0 aliphatic carbocycles. The second kappa shape index (κ2) is 6.72. The molecule has 2 amide bonds. The number of aliphatic hydroxyl groups is 1. The number of nitrogens with zero attached hydrogens (tertiary/aromatic N) is 1. The van der Waals surface area contributed by atoms with Gasteiger partial charge in [0, 0.05) is 24.6 Å². The molecule has 0 aromatic heterocycles. The van der Waals surface area contributed by atoms with Crippen molar-refractivity contribution in [3.63, 3.8) is 0 Å². The van der Waals surface area contributed by atoms with Crippen LogP contribution in [0.15, 0.2) is 24.3 Å². The smallest absolute Gasteiger partial charge is 0.251 e. The first kappa shape index (κ1) is 15.5. The summed E-state index contributed by atoms with van der Waals surface area (Å²) in [5.74, 6) is -0.186. The number of aryl methyl sites for hydroxylation is 1. The standard InChI is InChI=1S/C16H22N2O3/c1-11-5-3-4-6-14(11)16(21)17-9-15(20)18-8-7-13(10-18)12(2)19/h3-6,12-13,19H,7-10H2,1-2H3,(H,17,21). The number of hydrogen-bond donors (Lipinski definition) is 2. The van der Waals surface area contributed by atoms with E-state index in [1.807, 2.05) is 19.1 Å². The topological polar surface area (TPSA) is 69.6 Å². The maximum atomic E-state index is 12.1. The Morgan fingerprint density at radius 3 is 2.76 bits per heavy atom. The first-order valence-corrected chi connectivity index (χ1v) is 7.28. The van der Waals surface area contributed by atoms with Crippen LogP contribution in [0.1, 0.15) is 29.3 Å². The molecule has 2 N–H and O–H groups in total. The van der Waals surface area contributed by atoms with E-state index in [0.717, 1.165) is 12.0 Å². The summed E-state index contributed by atoms with van der Waals surface area (Å²) in [6.07, 6.45) is 0.416. The Morgan fingerprint density at radius 2 is 2.14 bits per heavy atom. The van der Waals surface area contributed by atoms with Gasteiger partial charge in [0.1, 0.15) is 0 Å². The average Bonchev–Trinajstić information content (AvgIpc) is 2.95. The van der Waals surface area contributed by atoms with Crippen molar-refractivity contribution in [1.82, 2.24) is 10.2 Å². The number of likely N-dealkylation sites (tertiary alicyclic amines) is 1. The molecule has 1 aliphatic heterocycles. The molecule has 2 atom stereocenters. The third kappa shape index (κ3) is 3.82. The fourth-order valence-corrected chi connectivity index (χ4v) is 2.60. The number of hydrogen-bond acceptors (Lipinski definition) is 3. The summed E-state index contributed by atoms with van der Waals surface area (Å²) in [5.41, 5.74) is 1.48. The third-order valence-corrected chi connectivity index (χ3v) is 4.05. The molecule has 5 nitrogen and oxygen atoms in total. The molecule has 1 aromatic rings. The number of carbonyl (C=O) groups excluding carboxylic acids is 2. The first-order chi connectivity index (χ1) is 9.99. The van der Waals surface area contributed by atoms with E-state index < -0.39 is 6.10 Å². The van der Waals surface area contributed by atoms with Crippen molar-refractivity contribution in [3.05, 3.63) is 35.4 Å². The first-order valence-electron chi connectivity index (χ1n) is 7.28. The Balaban J connectivity index is 1.85. The van der Waals surface area contributed by atoms with E-state index in [0.29, 0.717) is 18.7 Å². The van der Waals surface area contributed by atoms with Gasteiger partial charge in [0.25, 0.3) is 5.91 Å². The van der Waals surface area contributed by atoms with Gasteiger partial charge < -0.3 is 15.3 Å². The number of rotatable bonds is 4. The fourth-order valence-electron chi connectivity index (χ4n) is 2.60. The average molecular weight is 290 g/mol. The zero-order valence-electron chi connectivity index (χ0n) is 12.5. The summed E-state index contributed by atoms with van der Waals surface area (Å²) in [4.78, 5) is 25.8. The van der Waals surface area contributed by atoms with Gasteiger partial charge >= 0.3 is 0 Å². The van der Waals surface area contributed by atoms with Crippen molar-refractivity contribution in [2.45, 2.75) is 26.4 Å². The maximum absolute atomic E-state index is 12.1. The lowest BCUT2D eigenvalue weighted by atomic mass is 10.0. The summed E-state index contributed by atoms with van der Waals surface area (Å²) >= 11 is 0. The predicted octanol–water partition coefficient (Wildman–Crippen LogP) is 0.954. The summed E-state index contributed by atoms with van der Waals surface area (Å²) < 4.78 is 0. The van der Waals surface area contributed by atoms with Crippen LogP contribution in [0.3, 0.4) is 0 Å². The lowest BCUT2D eigenvalue weighted by Gasteiger charge is -2.18. The van der Waals surface area contributed by atoms with Gasteiger partial charge in [-0.25, -0.2) is 0 Å². The molecule has 0 saturated carbocycles. The van der Waals surface area contributed by atoms with Crippen molar-refractivity contribution in [2.75, 3.05) is 19.6 Å². The summed E-state index contributed by atoms with van der Waals surface area (Å²) in [6.45, 7) is 4.83. The van der Waals surface area contributed by atoms with Gasteiger partial charge in [-0.1, -0.05) is 18.2 Å². The van der Waals surface area contributed by atoms with Crippen molar-refractivity contribution in [2.24, 2.45) is 5.92 Å². The zero-order valence-corrected chi connectivity index (χ0v) is 12.5. The molecule has 2 rings (SSSR count). The Bertz CT molecular complexity index is 528. The minimum absolute atomic E-state index is 0.000300. The zero-order chi connectivity index (χ0) is 15.4. The van der Waals surface area contributed by atoms with Crippen molar-refractivity contribution < 1.29 is 14.7 Å². The second-order valence-corrected chi connectivity index (χ2v) is 5.63. The van der Waals surface area contributed by atoms with E-state index in [1.54, 1.807) is 24.0 Å². The van der Waals surface area contributed by atoms with Crippen molar-refractivity contribution in [3.8, 4) is 0 Å². The molecule has 0 bridgehead atoms. The number of nitrogens with one attached hydrogen (secondary N) is 1. The van der Waals surface area contributed by atoms with Gasteiger partial charge in [0.05, 0.1) is 12.6 Å². The van der Waals surface area contributed by atoms with E-state index >= 15 is 0 Å². The second-order valence-electron chi connectivity index (χ2n) is 5.63. The molecule has 1 saturated heterocycles. The normalized spacial score (nSPS) is 19.4. The highest BCUT2D eigenvalue weighted by atomic mass is 16.3.